The number of fused-ring (bicyclic) bond motifs is 2. The van der Waals surface area contributed by atoms with Crippen molar-refractivity contribution in [3.05, 3.63) is 125 Å². The van der Waals surface area contributed by atoms with Crippen molar-refractivity contribution >= 4 is 124 Å². The number of aryl methyl sites for hydroxylation is 4. The maximum absolute atomic E-state index is 15.6. The fourth-order valence-electron chi connectivity index (χ4n) is 15.9. The van der Waals surface area contributed by atoms with Crippen molar-refractivity contribution < 1.29 is 19.2 Å². The van der Waals surface area contributed by atoms with E-state index >= 15 is 19.2 Å². The number of hydrogen-bond acceptors (Lipinski definition) is 4. The van der Waals surface area contributed by atoms with Gasteiger partial charge < -0.3 is 0 Å². The molecule has 0 N–H and O–H groups in total. The lowest BCUT2D eigenvalue weighted by atomic mass is 9.81. The minimum absolute atomic E-state index is 0.242. The lowest BCUT2D eigenvalue weighted by Gasteiger charge is -2.34. The van der Waals surface area contributed by atoms with Gasteiger partial charge in [-0.15, -0.1) is 0 Å². The van der Waals surface area contributed by atoms with Gasteiger partial charge in [-0.05, 0) is 122 Å². The number of halogens is 4. The molecule has 13 rings (SSSR count). The predicted molar refractivity (Wildman–Crippen MR) is 322 cm³/mol. The molecule has 4 aliphatic carbocycles. The Morgan fingerprint density at radius 2 is 0.551 bits per heavy atom. The summed E-state index contributed by atoms with van der Waals surface area (Å²) in [6, 6.07) is 19.4. The van der Waals surface area contributed by atoms with Crippen molar-refractivity contribution in [3.8, 4) is 0 Å². The average molecular weight is 1120 g/mol. The number of imide groups is 2. The summed E-state index contributed by atoms with van der Waals surface area (Å²) >= 11 is 30.3. The van der Waals surface area contributed by atoms with Gasteiger partial charge in [0.25, 0.3) is 23.6 Å². The third kappa shape index (κ3) is 9.23. The Kier molecular flexibility index (Phi) is 14.8. The van der Waals surface area contributed by atoms with Crippen LogP contribution in [-0.4, -0.2) is 23.6 Å². The maximum atomic E-state index is 15.6. The first-order valence-corrected chi connectivity index (χ1v) is 31.5. The molecule has 0 spiro atoms. The zero-order chi connectivity index (χ0) is 53.3. The number of carbonyl (C=O) groups is 4. The van der Waals surface area contributed by atoms with Gasteiger partial charge in [0.15, 0.2) is 0 Å². The molecular formula is C68H70Cl4N2O4. The van der Waals surface area contributed by atoms with E-state index in [2.05, 4.69) is 36.4 Å². The molecule has 6 nitrogen and oxygen atoms in total. The molecule has 7 aromatic carbocycles. The summed E-state index contributed by atoms with van der Waals surface area (Å²) in [5.74, 6) is 0.752. The van der Waals surface area contributed by atoms with Crippen LogP contribution < -0.4 is 9.80 Å². The number of hydrogen-bond donors (Lipinski definition) is 0. The Hall–Kier alpha value is -4.72. The molecule has 4 fully saturated rings. The van der Waals surface area contributed by atoms with E-state index in [0.717, 1.165) is 73.6 Å². The van der Waals surface area contributed by atoms with E-state index in [0.29, 0.717) is 100 Å². The zero-order valence-electron chi connectivity index (χ0n) is 44.9. The summed E-state index contributed by atoms with van der Waals surface area (Å²) in [6.07, 6.45) is 31.9. The maximum Gasteiger partial charge on any atom is 0.266 e. The van der Waals surface area contributed by atoms with Crippen molar-refractivity contribution in [3.63, 3.8) is 0 Å². The molecule has 0 bridgehead atoms. The highest BCUT2D eigenvalue weighted by molar-refractivity contribution is 6.57. The van der Waals surface area contributed by atoms with Gasteiger partial charge in [0, 0.05) is 63.2 Å². The lowest BCUT2D eigenvalue weighted by molar-refractivity contribution is 0.0877. The highest BCUT2D eigenvalue weighted by atomic mass is 35.5. The van der Waals surface area contributed by atoms with E-state index in [9.17, 15) is 0 Å². The van der Waals surface area contributed by atoms with Crippen LogP contribution in [0.2, 0.25) is 20.1 Å². The first-order chi connectivity index (χ1) is 38.0. The van der Waals surface area contributed by atoms with Gasteiger partial charge >= 0.3 is 0 Å². The van der Waals surface area contributed by atoms with Crippen LogP contribution in [0.4, 0.5) is 11.4 Å². The first kappa shape index (κ1) is 52.6. The van der Waals surface area contributed by atoms with E-state index in [1.54, 1.807) is 24.3 Å². The van der Waals surface area contributed by atoms with Gasteiger partial charge in [-0.1, -0.05) is 211 Å². The average Bonchev–Trinajstić information content (AvgIpc) is 2.46. The van der Waals surface area contributed by atoms with Crippen molar-refractivity contribution in [2.45, 2.75) is 180 Å². The number of anilines is 2. The zero-order valence-corrected chi connectivity index (χ0v) is 47.9. The monoisotopic (exact) mass is 1120 g/mol. The van der Waals surface area contributed by atoms with Crippen LogP contribution in [0.5, 0.6) is 0 Å². The molecule has 0 aromatic heterocycles. The van der Waals surface area contributed by atoms with Crippen molar-refractivity contribution in [1.29, 1.82) is 0 Å². The first-order valence-electron chi connectivity index (χ1n) is 30.0. The topological polar surface area (TPSA) is 74.8 Å². The van der Waals surface area contributed by atoms with Crippen LogP contribution in [0.3, 0.4) is 0 Å². The van der Waals surface area contributed by atoms with Crippen LogP contribution in [0.25, 0.3) is 43.1 Å². The summed E-state index contributed by atoms with van der Waals surface area (Å²) in [5.41, 5.74) is 6.68. The molecule has 6 aliphatic rings. The van der Waals surface area contributed by atoms with Crippen LogP contribution in [0.1, 0.15) is 218 Å². The normalized spacial score (nSPS) is 19.3. The molecule has 0 unspecified atom stereocenters. The van der Waals surface area contributed by atoms with Crippen LogP contribution in [0.15, 0.2) is 60.7 Å². The van der Waals surface area contributed by atoms with Gasteiger partial charge in [-0.2, -0.15) is 0 Å². The molecule has 2 aliphatic heterocycles. The highest BCUT2D eigenvalue weighted by Crippen LogP contribution is 2.55. The Bertz CT molecular complexity index is 3120. The lowest BCUT2D eigenvalue weighted by Crippen LogP contribution is -2.42. The van der Waals surface area contributed by atoms with E-state index in [1.165, 1.54) is 138 Å². The molecule has 0 atom stereocenters. The standard InChI is InChI=1S/C68H70Cl4N2O4/c69-51-35-47-55-48(66(76)73(65(47)75)63-43(31-27-39-15-5-1-6-16-39)23-13-24-44(63)32-28-40-17-7-2-8-18-40)36-52(70)58-60-54(72)38-50-56-49(37-53(71)59(62(56)60)57(51)61(55)58)67(77)74(68(50)78)64-45(33-29-41-19-9-3-10-20-41)25-14-26-46(64)34-30-42-21-11-4-12-22-42/h13-14,23-26,35-42H,1-12,15-22,27-34H2. The minimum Gasteiger partial charge on any atom is -0.268 e. The van der Waals surface area contributed by atoms with Crippen molar-refractivity contribution in [2.24, 2.45) is 23.7 Å². The Morgan fingerprint density at radius 3 is 0.782 bits per heavy atom. The fourth-order valence-corrected chi connectivity index (χ4v) is 17.1. The second-order valence-electron chi connectivity index (χ2n) is 24.5. The fraction of sp³-hybridized carbons (Fsp3) is 0.471. The second-order valence-corrected chi connectivity index (χ2v) is 26.2. The number of carbonyl (C=O) groups excluding carboxylic acids is 4. The summed E-state index contributed by atoms with van der Waals surface area (Å²) in [6.45, 7) is 0. The summed E-state index contributed by atoms with van der Waals surface area (Å²) < 4.78 is 0. The predicted octanol–water partition coefficient (Wildman–Crippen LogP) is 20.0. The molecule has 0 radical (unpaired) electrons. The quantitative estimate of drug-likeness (QED) is 0.0618. The highest BCUT2D eigenvalue weighted by Gasteiger charge is 2.42. The smallest absolute Gasteiger partial charge is 0.266 e. The van der Waals surface area contributed by atoms with Crippen LogP contribution in [-0.2, 0) is 25.7 Å². The molecule has 4 saturated carbocycles. The third-order valence-electron chi connectivity index (χ3n) is 19.9. The number of nitrogens with zero attached hydrogens (tertiary/aromatic N) is 2. The number of para-hydroxylation sites is 2. The summed E-state index contributed by atoms with van der Waals surface area (Å²) in [4.78, 5) is 65.2. The van der Waals surface area contributed by atoms with E-state index in [1.807, 2.05) is 0 Å². The van der Waals surface area contributed by atoms with Gasteiger partial charge in [0.2, 0.25) is 0 Å². The van der Waals surface area contributed by atoms with E-state index in [4.69, 9.17) is 46.4 Å². The molecule has 10 heteroatoms. The van der Waals surface area contributed by atoms with Gasteiger partial charge in [0.1, 0.15) is 0 Å². The SMILES string of the molecule is O=C1c2cc(Cl)c3c4c(Cl)cc5c6c(cc(Cl)c(c7c(Cl)cc(c2c37)C(=O)N1c1c(CCC2CCCCC2)cccc1CCC1CCCCC1)c64)C(=O)N(c1c(CCC2CCCCC2)cccc1CCC1CCCCC1)C5=O. The number of rotatable bonds is 14. The van der Waals surface area contributed by atoms with Crippen molar-refractivity contribution in [2.75, 3.05) is 9.80 Å². The molecule has 404 valence electrons. The molecule has 7 aromatic rings. The molecule has 0 saturated heterocycles. The van der Waals surface area contributed by atoms with Gasteiger partial charge in [-0.25, -0.2) is 9.80 Å². The third-order valence-corrected chi connectivity index (χ3v) is 21.1. The largest absolute Gasteiger partial charge is 0.268 e. The summed E-state index contributed by atoms with van der Waals surface area (Å²) in [5, 5.41) is 4.82. The summed E-state index contributed by atoms with van der Waals surface area (Å²) in [7, 11) is 0. The second kappa shape index (κ2) is 22.0. The molecule has 78 heavy (non-hydrogen) atoms. The Labute approximate surface area is 479 Å². The van der Waals surface area contributed by atoms with E-state index < -0.39 is 23.6 Å². The molecular weight excluding hydrogens is 1050 g/mol. The molecule has 2 heterocycles. The van der Waals surface area contributed by atoms with Gasteiger partial charge in [-0.3, -0.25) is 19.2 Å². The molecule has 4 amide bonds. The van der Waals surface area contributed by atoms with Crippen LogP contribution in [0, 0.1) is 23.7 Å². The van der Waals surface area contributed by atoms with E-state index in [-0.39, 0.29) is 20.1 Å². The Balaban J connectivity index is 0.941. The minimum atomic E-state index is -0.431. The number of amides is 4. The number of benzene rings is 7. The Morgan fingerprint density at radius 1 is 0.321 bits per heavy atom. The van der Waals surface area contributed by atoms with Crippen molar-refractivity contribution in [1.82, 2.24) is 0 Å². The van der Waals surface area contributed by atoms with Gasteiger partial charge in [0.05, 0.1) is 33.6 Å². The van der Waals surface area contributed by atoms with Crippen LogP contribution >= 0.6 is 46.4 Å².